The van der Waals surface area contributed by atoms with Crippen molar-refractivity contribution in [2.45, 2.75) is 43.5 Å². The lowest BCUT2D eigenvalue weighted by atomic mass is 9.98. The molecule has 2 heterocycles. The van der Waals surface area contributed by atoms with Gasteiger partial charge < -0.3 is 19.7 Å². The number of carbonyl (C=O) groups is 2. The Morgan fingerprint density at radius 3 is 2.28 bits per heavy atom. The molecule has 0 spiro atoms. The lowest BCUT2D eigenvalue weighted by Gasteiger charge is -2.31. The molecular weight excluding hydrogens is 434 g/mol. The van der Waals surface area contributed by atoms with Crippen LogP contribution in [0.25, 0.3) is 0 Å². The first-order valence-corrected chi connectivity index (χ1v) is 12.2. The smallest absolute Gasteiger partial charge is 0.412 e. The Labute approximate surface area is 189 Å². The Morgan fingerprint density at radius 2 is 1.72 bits per heavy atom. The Morgan fingerprint density at radius 1 is 1.12 bits per heavy atom. The fraction of sp³-hybridized carbons (Fsp3) is 0.545. The summed E-state index contributed by atoms with van der Waals surface area (Å²) >= 11 is 0. The predicted molar refractivity (Wildman–Crippen MR) is 120 cm³/mol. The van der Waals surface area contributed by atoms with Crippen molar-refractivity contribution < 1.29 is 27.5 Å². The summed E-state index contributed by atoms with van der Waals surface area (Å²) in [5, 5.41) is 2.73. The Hall–Kier alpha value is -2.43. The van der Waals surface area contributed by atoms with Crippen molar-refractivity contribution in [3.63, 3.8) is 0 Å². The van der Waals surface area contributed by atoms with E-state index in [2.05, 4.69) is 11.9 Å². The summed E-state index contributed by atoms with van der Waals surface area (Å²) in [6.45, 7) is 6.86. The molecule has 0 bridgehead atoms. The number of carbonyl (C=O) groups excluding carboxylic acids is 2. The average molecular weight is 466 g/mol. The van der Waals surface area contributed by atoms with Gasteiger partial charge in [-0.1, -0.05) is 6.58 Å². The second-order valence-corrected chi connectivity index (χ2v) is 10.1. The number of nitrogens with zero attached hydrogens (tertiary/aromatic N) is 2. The van der Waals surface area contributed by atoms with Crippen LogP contribution in [0.5, 0.6) is 0 Å². The van der Waals surface area contributed by atoms with E-state index in [0.29, 0.717) is 63.4 Å². The average Bonchev–Trinajstić information content (AvgIpc) is 2.78. The molecule has 2 aliphatic heterocycles. The number of ether oxygens (including phenoxy) is 2. The van der Waals surface area contributed by atoms with Gasteiger partial charge in [0.1, 0.15) is 0 Å². The van der Waals surface area contributed by atoms with E-state index >= 15 is 0 Å². The quantitative estimate of drug-likeness (QED) is 0.647. The molecule has 0 saturated carbocycles. The number of benzene rings is 1. The van der Waals surface area contributed by atoms with Gasteiger partial charge in [-0.25, -0.2) is 13.2 Å². The van der Waals surface area contributed by atoms with Gasteiger partial charge in [0.2, 0.25) is 15.9 Å². The van der Waals surface area contributed by atoms with E-state index in [9.17, 15) is 18.0 Å². The summed E-state index contributed by atoms with van der Waals surface area (Å²) < 4.78 is 37.7. The molecule has 3 rings (SSSR count). The molecule has 9 nitrogen and oxygen atoms in total. The van der Waals surface area contributed by atoms with Crippen LogP contribution in [0, 0.1) is 5.92 Å². The zero-order chi connectivity index (χ0) is 23.3. The molecule has 2 aliphatic rings. The SMILES string of the molecule is C=C(C)OC(=O)NC1CCN(S(=O)(=O)c2ccc(N(C)C(=O)C3CCOCC3)cc2)CC1. The highest BCUT2D eigenvalue weighted by molar-refractivity contribution is 7.89. The molecule has 2 saturated heterocycles. The summed E-state index contributed by atoms with van der Waals surface area (Å²) in [5.41, 5.74) is 0.652. The van der Waals surface area contributed by atoms with Crippen LogP contribution in [0.2, 0.25) is 0 Å². The van der Waals surface area contributed by atoms with Gasteiger partial charge >= 0.3 is 6.09 Å². The van der Waals surface area contributed by atoms with Crippen molar-refractivity contribution in [3.05, 3.63) is 36.6 Å². The number of allylic oxidation sites excluding steroid dienone is 1. The standard InChI is InChI=1S/C22H31N3O6S/c1-16(2)31-22(27)23-18-8-12-25(13-9-18)32(28,29)20-6-4-19(5-7-20)24(3)21(26)17-10-14-30-15-11-17/h4-7,17-18H,1,8-15H2,2-3H3,(H,23,27). The molecule has 1 N–H and O–H groups in total. The van der Waals surface area contributed by atoms with Gasteiger partial charge in [0.15, 0.2) is 0 Å². The maximum Gasteiger partial charge on any atom is 0.412 e. The highest BCUT2D eigenvalue weighted by atomic mass is 32.2. The molecule has 0 aliphatic carbocycles. The fourth-order valence-electron chi connectivity index (χ4n) is 3.93. The Balaban J connectivity index is 1.58. The van der Waals surface area contributed by atoms with Crippen LogP contribution in [-0.2, 0) is 24.3 Å². The van der Waals surface area contributed by atoms with E-state index in [4.69, 9.17) is 9.47 Å². The number of hydrogen-bond acceptors (Lipinski definition) is 6. The fourth-order valence-corrected chi connectivity index (χ4v) is 5.40. The minimum Gasteiger partial charge on any atom is -0.416 e. The van der Waals surface area contributed by atoms with E-state index in [1.807, 2.05) is 0 Å². The monoisotopic (exact) mass is 465 g/mol. The number of hydrogen-bond donors (Lipinski definition) is 1. The minimum absolute atomic E-state index is 0.0173. The van der Waals surface area contributed by atoms with Gasteiger partial charge in [0.25, 0.3) is 0 Å². The topological polar surface area (TPSA) is 105 Å². The molecular formula is C22H31N3O6S. The molecule has 0 unspecified atom stereocenters. The normalized spacial score (nSPS) is 18.7. The third-order valence-electron chi connectivity index (χ3n) is 5.81. The number of piperidine rings is 1. The third kappa shape index (κ3) is 5.87. The number of amides is 2. The van der Waals surface area contributed by atoms with Crippen molar-refractivity contribution in [3.8, 4) is 0 Å². The number of alkyl carbamates (subject to hydrolysis) is 1. The molecule has 0 aromatic heterocycles. The molecule has 2 amide bonds. The second-order valence-electron chi connectivity index (χ2n) is 8.19. The zero-order valence-corrected chi connectivity index (χ0v) is 19.4. The van der Waals surface area contributed by atoms with Crippen molar-refractivity contribution in [1.29, 1.82) is 0 Å². The zero-order valence-electron chi connectivity index (χ0n) is 18.6. The maximum absolute atomic E-state index is 13.0. The Kier molecular flexibility index (Phi) is 7.91. The predicted octanol–water partition coefficient (Wildman–Crippen LogP) is 2.49. The van der Waals surface area contributed by atoms with Crippen molar-refractivity contribution >= 4 is 27.7 Å². The highest BCUT2D eigenvalue weighted by Crippen LogP contribution is 2.25. The van der Waals surface area contributed by atoms with E-state index < -0.39 is 16.1 Å². The summed E-state index contributed by atoms with van der Waals surface area (Å²) in [4.78, 5) is 26.2. The van der Waals surface area contributed by atoms with Gasteiger partial charge in [-0.15, -0.1) is 0 Å². The van der Waals surface area contributed by atoms with Crippen molar-refractivity contribution in [2.24, 2.45) is 5.92 Å². The number of rotatable bonds is 6. The molecule has 10 heteroatoms. The van der Waals surface area contributed by atoms with Crippen LogP contribution in [-0.4, -0.2) is 64.1 Å². The summed E-state index contributed by atoms with van der Waals surface area (Å²) in [6.07, 6.45) is 1.81. The van der Waals surface area contributed by atoms with Crippen LogP contribution < -0.4 is 10.2 Å². The molecule has 1 aromatic rings. The molecule has 176 valence electrons. The van der Waals surface area contributed by atoms with E-state index in [-0.39, 0.29) is 22.8 Å². The van der Waals surface area contributed by atoms with Crippen molar-refractivity contribution in [1.82, 2.24) is 9.62 Å². The maximum atomic E-state index is 13.0. The van der Waals surface area contributed by atoms with Crippen LogP contribution in [0.15, 0.2) is 41.5 Å². The van der Waals surface area contributed by atoms with E-state index in [1.165, 1.54) is 16.4 Å². The molecule has 32 heavy (non-hydrogen) atoms. The molecule has 2 fully saturated rings. The Bertz CT molecular complexity index is 933. The van der Waals surface area contributed by atoms with Gasteiger partial charge in [0, 0.05) is 51.0 Å². The summed E-state index contributed by atoms with van der Waals surface area (Å²) in [5.74, 6) is 0.245. The van der Waals surface area contributed by atoms with Crippen LogP contribution in [0.4, 0.5) is 10.5 Å². The van der Waals surface area contributed by atoms with E-state index in [0.717, 1.165) is 0 Å². The summed E-state index contributed by atoms with van der Waals surface area (Å²) in [7, 11) is -1.95. The second kappa shape index (κ2) is 10.5. The molecule has 1 aromatic carbocycles. The minimum atomic E-state index is -3.66. The third-order valence-corrected chi connectivity index (χ3v) is 7.72. The van der Waals surface area contributed by atoms with Crippen LogP contribution >= 0.6 is 0 Å². The van der Waals surface area contributed by atoms with Gasteiger partial charge in [0.05, 0.1) is 10.7 Å². The highest BCUT2D eigenvalue weighted by Gasteiger charge is 2.31. The lowest BCUT2D eigenvalue weighted by molar-refractivity contribution is -0.124. The van der Waals surface area contributed by atoms with E-state index in [1.54, 1.807) is 31.0 Å². The molecule has 0 radical (unpaired) electrons. The van der Waals surface area contributed by atoms with Gasteiger partial charge in [-0.3, -0.25) is 4.79 Å². The lowest BCUT2D eigenvalue weighted by Crippen LogP contribution is -2.46. The largest absolute Gasteiger partial charge is 0.416 e. The van der Waals surface area contributed by atoms with Crippen LogP contribution in [0.1, 0.15) is 32.6 Å². The van der Waals surface area contributed by atoms with Crippen molar-refractivity contribution in [2.75, 3.05) is 38.3 Å². The number of anilines is 1. The van der Waals surface area contributed by atoms with Crippen LogP contribution in [0.3, 0.4) is 0 Å². The first-order valence-electron chi connectivity index (χ1n) is 10.8. The van der Waals surface area contributed by atoms with Gasteiger partial charge in [-0.05, 0) is 56.9 Å². The van der Waals surface area contributed by atoms with Gasteiger partial charge in [-0.2, -0.15) is 4.31 Å². The summed E-state index contributed by atoms with van der Waals surface area (Å²) in [6, 6.07) is 6.23. The first kappa shape index (κ1) is 24.2. The molecule has 0 atom stereocenters. The number of nitrogens with one attached hydrogen (secondary N) is 1. The first-order chi connectivity index (χ1) is 15.2. The number of sulfonamides is 1.